The second-order valence-corrected chi connectivity index (χ2v) is 5.48. The summed E-state index contributed by atoms with van der Waals surface area (Å²) in [6.45, 7) is 2.49. The van der Waals surface area contributed by atoms with Crippen molar-refractivity contribution in [2.75, 3.05) is 11.9 Å². The number of nitrogens with two attached hydrogens (primary N) is 1. The van der Waals surface area contributed by atoms with Crippen molar-refractivity contribution in [1.82, 2.24) is 4.98 Å². The number of benzene rings is 1. The predicted octanol–water partition coefficient (Wildman–Crippen LogP) is 4.04. The fraction of sp³-hybridized carbons (Fsp3) is 0.267. The third kappa shape index (κ3) is 3.06. The van der Waals surface area contributed by atoms with E-state index in [0.29, 0.717) is 11.6 Å². The van der Waals surface area contributed by atoms with Gasteiger partial charge in [-0.3, -0.25) is 0 Å². The topological polar surface area (TPSA) is 42.2 Å². The molecule has 3 nitrogen and oxygen atoms in total. The molecular weight excluding hydrogens is 293 g/mol. The summed E-state index contributed by atoms with van der Waals surface area (Å²) in [5, 5.41) is 1.33. The van der Waals surface area contributed by atoms with Gasteiger partial charge >= 0.3 is 0 Å². The smallest absolute Gasteiger partial charge is 0.147 e. The van der Waals surface area contributed by atoms with Crippen molar-refractivity contribution in [1.29, 1.82) is 0 Å². The molecule has 2 N–H and O–H groups in total. The van der Waals surface area contributed by atoms with Crippen LogP contribution < -0.4 is 10.6 Å². The Morgan fingerprint density at radius 1 is 1.25 bits per heavy atom. The normalized spacial score (nSPS) is 12.2. The Hall–Kier alpha value is -1.29. The zero-order valence-electron chi connectivity index (χ0n) is 11.5. The van der Waals surface area contributed by atoms with Crippen molar-refractivity contribution in [3.8, 4) is 0 Å². The summed E-state index contributed by atoms with van der Waals surface area (Å²) < 4.78 is 0. The number of anilines is 1. The van der Waals surface area contributed by atoms with Crippen LogP contribution in [0.5, 0.6) is 0 Å². The Morgan fingerprint density at radius 3 is 2.55 bits per heavy atom. The van der Waals surface area contributed by atoms with Crippen LogP contribution in [0.15, 0.2) is 36.5 Å². The molecule has 2 rings (SSSR count). The molecule has 0 bridgehead atoms. The molecule has 0 amide bonds. The Balaban J connectivity index is 2.31. The summed E-state index contributed by atoms with van der Waals surface area (Å²) in [4.78, 5) is 6.40. The molecule has 20 heavy (non-hydrogen) atoms. The molecule has 1 aromatic carbocycles. The van der Waals surface area contributed by atoms with Gasteiger partial charge in [-0.15, -0.1) is 0 Å². The number of nitrogens with zero attached hydrogens (tertiary/aromatic N) is 2. The highest BCUT2D eigenvalue weighted by Gasteiger charge is 2.18. The monoisotopic (exact) mass is 309 g/mol. The molecule has 0 fully saturated rings. The van der Waals surface area contributed by atoms with E-state index in [0.717, 1.165) is 22.0 Å². The van der Waals surface area contributed by atoms with E-state index in [1.165, 1.54) is 0 Å². The lowest BCUT2D eigenvalue weighted by Gasteiger charge is -2.27. The molecule has 1 heterocycles. The van der Waals surface area contributed by atoms with E-state index in [1.54, 1.807) is 6.20 Å². The van der Waals surface area contributed by atoms with Crippen molar-refractivity contribution >= 4 is 29.0 Å². The minimum absolute atomic E-state index is 0.0671. The largest absolute Gasteiger partial charge is 0.352 e. The SMILES string of the molecule is CC(c1ccccc1Cl)N(C)c1ncc(CN)cc1Cl. The molecule has 106 valence electrons. The average molecular weight is 310 g/mol. The van der Waals surface area contributed by atoms with E-state index < -0.39 is 0 Å². The molecule has 0 saturated carbocycles. The second-order valence-electron chi connectivity index (χ2n) is 4.66. The van der Waals surface area contributed by atoms with Gasteiger partial charge < -0.3 is 10.6 Å². The Morgan fingerprint density at radius 2 is 1.95 bits per heavy atom. The lowest BCUT2D eigenvalue weighted by atomic mass is 10.1. The van der Waals surface area contributed by atoms with Crippen LogP contribution in [0.4, 0.5) is 5.82 Å². The number of rotatable bonds is 4. The van der Waals surface area contributed by atoms with Crippen molar-refractivity contribution in [2.24, 2.45) is 5.73 Å². The van der Waals surface area contributed by atoms with Crippen LogP contribution in [0, 0.1) is 0 Å². The molecule has 0 saturated heterocycles. The van der Waals surface area contributed by atoms with E-state index in [-0.39, 0.29) is 6.04 Å². The van der Waals surface area contributed by atoms with Crippen LogP contribution >= 0.6 is 23.2 Å². The third-order valence-corrected chi connectivity index (χ3v) is 4.01. The predicted molar refractivity (Wildman–Crippen MR) is 85.4 cm³/mol. The summed E-state index contributed by atoms with van der Waals surface area (Å²) in [5.74, 6) is 0.719. The van der Waals surface area contributed by atoms with Gasteiger partial charge in [0, 0.05) is 24.8 Å². The van der Waals surface area contributed by atoms with Gasteiger partial charge in [0.25, 0.3) is 0 Å². The molecule has 0 aliphatic heterocycles. The van der Waals surface area contributed by atoms with Gasteiger partial charge in [-0.1, -0.05) is 41.4 Å². The van der Waals surface area contributed by atoms with E-state index in [9.17, 15) is 0 Å². The van der Waals surface area contributed by atoms with Crippen LogP contribution in [0.2, 0.25) is 10.0 Å². The minimum atomic E-state index is 0.0671. The first-order valence-electron chi connectivity index (χ1n) is 6.36. The molecule has 0 aliphatic carbocycles. The lowest BCUT2D eigenvalue weighted by molar-refractivity contribution is 0.728. The first-order chi connectivity index (χ1) is 9.54. The molecule has 0 spiro atoms. The first kappa shape index (κ1) is 15.1. The summed E-state index contributed by atoms with van der Waals surface area (Å²) in [7, 11) is 1.95. The Kier molecular flexibility index (Phi) is 4.86. The van der Waals surface area contributed by atoms with E-state index >= 15 is 0 Å². The summed E-state index contributed by atoms with van der Waals surface area (Å²) in [6, 6.07) is 9.69. The molecule has 1 atom stereocenters. The summed E-state index contributed by atoms with van der Waals surface area (Å²) in [5.41, 5.74) is 7.54. The molecule has 0 aliphatic rings. The quantitative estimate of drug-likeness (QED) is 0.926. The van der Waals surface area contributed by atoms with Gasteiger partial charge in [0.05, 0.1) is 11.1 Å². The van der Waals surface area contributed by atoms with E-state index in [4.69, 9.17) is 28.9 Å². The average Bonchev–Trinajstić information content (AvgIpc) is 2.46. The first-order valence-corrected chi connectivity index (χ1v) is 7.12. The van der Waals surface area contributed by atoms with E-state index in [1.807, 2.05) is 42.3 Å². The molecule has 5 heteroatoms. The maximum atomic E-state index is 6.28. The van der Waals surface area contributed by atoms with Gasteiger partial charge in [0.15, 0.2) is 0 Å². The van der Waals surface area contributed by atoms with Gasteiger partial charge in [0.2, 0.25) is 0 Å². The molecule has 2 aromatic rings. The van der Waals surface area contributed by atoms with Gasteiger partial charge in [-0.2, -0.15) is 0 Å². The number of hydrogen-bond donors (Lipinski definition) is 1. The third-order valence-electron chi connectivity index (χ3n) is 3.38. The van der Waals surface area contributed by atoms with E-state index in [2.05, 4.69) is 11.9 Å². The highest BCUT2D eigenvalue weighted by atomic mass is 35.5. The number of hydrogen-bond acceptors (Lipinski definition) is 3. The zero-order valence-corrected chi connectivity index (χ0v) is 13.0. The molecule has 1 unspecified atom stereocenters. The van der Waals surface area contributed by atoms with Gasteiger partial charge in [-0.25, -0.2) is 4.98 Å². The highest BCUT2D eigenvalue weighted by Crippen LogP contribution is 2.32. The zero-order chi connectivity index (χ0) is 14.7. The molecule has 0 radical (unpaired) electrons. The maximum absolute atomic E-state index is 6.28. The Labute approximate surface area is 129 Å². The van der Waals surface area contributed by atoms with Crippen molar-refractivity contribution in [3.05, 3.63) is 57.7 Å². The van der Waals surface area contributed by atoms with Gasteiger partial charge in [0.1, 0.15) is 5.82 Å². The van der Waals surface area contributed by atoms with Crippen LogP contribution in [-0.2, 0) is 6.54 Å². The van der Waals surface area contributed by atoms with Crippen LogP contribution in [0.1, 0.15) is 24.1 Å². The number of aromatic nitrogens is 1. The van der Waals surface area contributed by atoms with Crippen molar-refractivity contribution in [2.45, 2.75) is 19.5 Å². The maximum Gasteiger partial charge on any atom is 0.147 e. The second kappa shape index (κ2) is 6.44. The highest BCUT2D eigenvalue weighted by molar-refractivity contribution is 6.33. The van der Waals surface area contributed by atoms with Crippen LogP contribution in [-0.4, -0.2) is 12.0 Å². The fourth-order valence-corrected chi connectivity index (χ4v) is 2.66. The van der Waals surface area contributed by atoms with Gasteiger partial charge in [-0.05, 0) is 30.2 Å². The van der Waals surface area contributed by atoms with Crippen molar-refractivity contribution in [3.63, 3.8) is 0 Å². The van der Waals surface area contributed by atoms with Crippen LogP contribution in [0.3, 0.4) is 0 Å². The molecular formula is C15H17Cl2N3. The number of halogens is 2. The summed E-state index contributed by atoms with van der Waals surface area (Å²) >= 11 is 12.5. The lowest BCUT2D eigenvalue weighted by Crippen LogP contribution is -2.23. The summed E-state index contributed by atoms with van der Waals surface area (Å²) in [6.07, 6.45) is 1.75. The fourth-order valence-electron chi connectivity index (χ4n) is 2.05. The standard InChI is InChI=1S/C15H17Cl2N3/c1-10(12-5-3-4-6-13(12)16)20(2)15-14(17)7-11(8-18)9-19-15/h3-7,9-10H,8,18H2,1-2H3. The van der Waals surface area contributed by atoms with Crippen LogP contribution in [0.25, 0.3) is 0 Å². The minimum Gasteiger partial charge on any atom is -0.352 e. The number of pyridine rings is 1. The van der Waals surface area contributed by atoms with Crippen molar-refractivity contribution < 1.29 is 0 Å². The Bertz CT molecular complexity index is 601. The molecule has 1 aromatic heterocycles.